The Bertz CT molecular complexity index is 1300. The Morgan fingerprint density at radius 1 is 0.970 bits per heavy atom. The van der Waals surface area contributed by atoms with E-state index >= 15 is 0 Å². The molecule has 0 spiro atoms. The Kier molecular flexibility index (Phi) is 7.52. The number of hydrogen-bond acceptors (Lipinski definition) is 7. The van der Waals surface area contributed by atoms with Gasteiger partial charge in [-0.15, -0.1) is 11.3 Å². The Morgan fingerprint density at radius 2 is 1.67 bits per heavy atom. The third kappa shape index (κ3) is 6.41. The monoisotopic (exact) mass is 506 g/mol. The number of benzene rings is 2. The first kappa shape index (κ1) is 24.4. The Hall–Kier alpha value is -3.21. The summed E-state index contributed by atoms with van der Waals surface area (Å²) in [4.78, 5) is 36.2. The van der Waals surface area contributed by atoms with E-state index in [2.05, 4.69) is 10.0 Å². The zero-order chi connectivity index (χ0) is 24.2. The highest BCUT2D eigenvalue weighted by Gasteiger charge is 2.20. The van der Waals surface area contributed by atoms with Crippen LogP contribution in [0.1, 0.15) is 34.6 Å². The first-order chi connectivity index (χ1) is 15.5. The fraction of sp³-hybridized carbons (Fsp3) is 0.136. The van der Waals surface area contributed by atoms with E-state index in [9.17, 15) is 22.8 Å². The molecule has 0 bridgehead atoms. The van der Waals surface area contributed by atoms with Crippen LogP contribution in [0.3, 0.4) is 0 Å². The lowest BCUT2D eigenvalue weighted by Crippen LogP contribution is -2.30. The van der Waals surface area contributed by atoms with E-state index in [1.165, 1.54) is 56.3 Å². The summed E-state index contributed by atoms with van der Waals surface area (Å²) in [6, 6.07) is 14.8. The molecule has 0 radical (unpaired) electrons. The highest BCUT2D eigenvalue weighted by Crippen LogP contribution is 2.27. The van der Waals surface area contributed by atoms with Gasteiger partial charge in [-0.2, -0.15) is 0 Å². The number of anilines is 2. The predicted molar refractivity (Wildman–Crippen MR) is 127 cm³/mol. The van der Waals surface area contributed by atoms with Gasteiger partial charge in [0.2, 0.25) is 0 Å². The van der Waals surface area contributed by atoms with Crippen molar-refractivity contribution in [1.29, 1.82) is 0 Å². The maximum atomic E-state index is 12.4. The molecule has 0 unspecified atom stereocenters. The average molecular weight is 507 g/mol. The van der Waals surface area contributed by atoms with Crippen molar-refractivity contribution in [3.8, 4) is 0 Å². The molecule has 0 fully saturated rings. The summed E-state index contributed by atoms with van der Waals surface area (Å²) < 4.78 is 32.7. The number of thiophene rings is 1. The summed E-state index contributed by atoms with van der Waals surface area (Å²) in [5.41, 5.74) is 1.22. The SMILES string of the molecule is CC(=O)c1cccc(NC(=O)[C@@H](C)OC(=O)c2ccc(NS(=O)(=O)c3ccc(Cl)s3)cc2)c1. The van der Waals surface area contributed by atoms with Crippen LogP contribution in [0.25, 0.3) is 0 Å². The van der Waals surface area contributed by atoms with E-state index in [4.69, 9.17) is 16.3 Å². The number of esters is 1. The van der Waals surface area contributed by atoms with E-state index in [1.54, 1.807) is 18.2 Å². The second kappa shape index (κ2) is 10.2. The standard InChI is InChI=1S/C22H19ClN2O6S2/c1-13(26)16-4-3-5-18(12-16)24-21(27)14(2)31-22(28)15-6-8-17(9-7-15)25-33(29,30)20-11-10-19(23)32-20/h3-12,14,25H,1-2H3,(H,24,27)/t14-/m1/s1. The van der Waals surface area contributed by atoms with E-state index in [0.29, 0.717) is 15.6 Å². The average Bonchev–Trinajstić information content (AvgIpc) is 3.21. The van der Waals surface area contributed by atoms with E-state index < -0.39 is 28.0 Å². The third-order valence-electron chi connectivity index (χ3n) is 4.38. The van der Waals surface area contributed by atoms with Gasteiger partial charge in [-0.1, -0.05) is 23.7 Å². The molecule has 1 amide bonds. The summed E-state index contributed by atoms with van der Waals surface area (Å²) in [5, 5.41) is 2.59. The van der Waals surface area contributed by atoms with Crippen LogP contribution in [0, 0.1) is 0 Å². The third-order valence-corrected chi connectivity index (χ3v) is 7.48. The maximum absolute atomic E-state index is 12.4. The fourth-order valence-corrected chi connectivity index (χ4v) is 5.21. The summed E-state index contributed by atoms with van der Waals surface area (Å²) in [6.07, 6.45) is -1.11. The number of sulfonamides is 1. The van der Waals surface area contributed by atoms with Crippen molar-refractivity contribution in [1.82, 2.24) is 0 Å². The summed E-state index contributed by atoms with van der Waals surface area (Å²) in [5.74, 6) is -1.46. The molecule has 2 aromatic carbocycles. The first-order valence-corrected chi connectivity index (χ1v) is 12.2. The van der Waals surface area contributed by atoms with Gasteiger partial charge in [0.15, 0.2) is 11.9 Å². The van der Waals surface area contributed by atoms with Gasteiger partial charge in [-0.3, -0.25) is 14.3 Å². The summed E-state index contributed by atoms with van der Waals surface area (Å²) >= 11 is 6.71. The number of ether oxygens (including phenoxy) is 1. The van der Waals surface area contributed by atoms with Gasteiger partial charge >= 0.3 is 5.97 Å². The molecular formula is C22H19ClN2O6S2. The van der Waals surface area contributed by atoms with E-state index in [0.717, 1.165) is 11.3 Å². The molecule has 1 atom stereocenters. The largest absolute Gasteiger partial charge is 0.449 e. The molecule has 3 rings (SSSR count). The quantitative estimate of drug-likeness (QED) is 0.341. The summed E-state index contributed by atoms with van der Waals surface area (Å²) in [6.45, 7) is 2.83. The van der Waals surface area contributed by atoms with Gasteiger partial charge in [0.05, 0.1) is 9.90 Å². The van der Waals surface area contributed by atoms with Crippen LogP contribution in [0.2, 0.25) is 4.34 Å². The van der Waals surface area contributed by atoms with E-state index in [-0.39, 0.29) is 21.2 Å². The molecule has 33 heavy (non-hydrogen) atoms. The molecule has 3 aromatic rings. The number of amides is 1. The normalized spacial score (nSPS) is 12.0. The molecule has 0 aliphatic heterocycles. The zero-order valence-corrected chi connectivity index (χ0v) is 19.9. The number of halogens is 1. The molecular weight excluding hydrogens is 488 g/mol. The minimum atomic E-state index is -3.80. The molecule has 0 saturated carbocycles. The highest BCUT2D eigenvalue weighted by atomic mass is 35.5. The van der Waals surface area contributed by atoms with Crippen molar-refractivity contribution in [2.75, 3.05) is 10.0 Å². The number of carbonyl (C=O) groups excluding carboxylic acids is 3. The smallest absolute Gasteiger partial charge is 0.338 e. The number of nitrogens with one attached hydrogen (secondary N) is 2. The van der Waals surface area contributed by atoms with Crippen molar-refractivity contribution in [3.05, 3.63) is 76.1 Å². The zero-order valence-electron chi connectivity index (χ0n) is 17.5. The number of ketones is 1. The lowest BCUT2D eigenvalue weighted by Gasteiger charge is -2.14. The van der Waals surface area contributed by atoms with Crippen molar-refractivity contribution in [3.63, 3.8) is 0 Å². The molecule has 11 heteroatoms. The van der Waals surface area contributed by atoms with Gasteiger partial charge < -0.3 is 10.1 Å². The number of hydrogen-bond donors (Lipinski definition) is 2. The Labute approximate surface area is 199 Å². The minimum Gasteiger partial charge on any atom is -0.449 e. The lowest BCUT2D eigenvalue weighted by molar-refractivity contribution is -0.123. The molecule has 8 nitrogen and oxygen atoms in total. The number of rotatable bonds is 8. The van der Waals surface area contributed by atoms with Crippen molar-refractivity contribution in [2.24, 2.45) is 0 Å². The molecule has 172 valence electrons. The Balaban J connectivity index is 1.60. The second-order valence-corrected chi connectivity index (χ2v) is 10.5. The van der Waals surface area contributed by atoms with E-state index in [1.807, 2.05) is 0 Å². The highest BCUT2D eigenvalue weighted by molar-refractivity contribution is 7.94. The van der Waals surface area contributed by atoms with Crippen LogP contribution in [0.15, 0.2) is 64.9 Å². The van der Waals surface area contributed by atoms with Crippen molar-refractivity contribution in [2.45, 2.75) is 24.2 Å². The van der Waals surface area contributed by atoms with Crippen LogP contribution in [0.4, 0.5) is 11.4 Å². The minimum absolute atomic E-state index is 0.0599. The van der Waals surface area contributed by atoms with Gasteiger partial charge in [0.25, 0.3) is 15.9 Å². The molecule has 2 N–H and O–H groups in total. The second-order valence-electron chi connectivity index (χ2n) is 6.92. The molecule has 0 aliphatic carbocycles. The van der Waals surface area contributed by atoms with Gasteiger partial charge in [0.1, 0.15) is 4.21 Å². The molecule has 1 heterocycles. The van der Waals surface area contributed by atoms with Gasteiger partial charge in [-0.25, -0.2) is 13.2 Å². The Morgan fingerprint density at radius 3 is 2.27 bits per heavy atom. The van der Waals surface area contributed by atoms with Gasteiger partial charge in [0, 0.05) is 16.9 Å². The maximum Gasteiger partial charge on any atom is 0.338 e. The first-order valence-electron chi connectivity index (χ1n) is 9.56. The lowest BCUT2D eigenvalue weighted by atomic mass is 10.1. The fourth-order valence-electron chi connectivity index (χ4n) is 2.66. The van der Waals surface area contributed by atoms with Crippen LogP contribution in [0.5, 0.6) is 0 Å². The molecule has 0 aliphatic rings. The van der Waals surface area contributed by atoms with Crippen LogP contribution in [-0.2, 0) is 19.6 Å². The topological polar surface area (TPSA) is 119 Å². The van der Waals surface area contributed by atoms with Crippen LogP contribution < -0.4 is 10.0 Å². The number of Topliss-reactive ketones (excluding diaryl/α,β-unsaturated/α-hetero) is 1. The summed E-state index contributed by atoms with van der Waals surface area (Å²) in [7, 11) is -3.80. The van der Waals surface area contributed by atoms with Crippen molar-refractivity contribution < 1.29 is 27.5 Å². The van der Waals surface area contributed by atoms with Crippen LogP contribution >= 0.6 is 22.9 Å². The van der Waals surface area contributed by atoms with Crippen LogP contribution in [-0.4, -0.2) is 32.2 Å². The van der Waals surface area contributed by atoms with Gasteiger partial charge in [-0.05, 0) is 62.4 Å². The predicted octanol–water partition coefficient (Wildman–Crippen LogP) is 4.59. The van der Waals surface area contributed by atoms with Crippen molar-refractivity contribution >= 4 is 62.0 Å². The molecule has 1 aromatic heterocycles. The number of carbonyl (C=O) groups is 3. The molecule has 0 saturated heterocycles.